The number of aryl methyl sites for hydroxylation is 1. The van der Waals surface area contributed by atoms with Crippen molar-refractivity contribution < 1.29 is 9.21 Å². The highest BCUT2D eigenvalue weighted by Crippen LogP contribution is 2.24. The summed E-state index contributed by atoms with van der Waals surface area (Å²) in [7, 11) is 0. The van der Waals surface area contributed by atoms with Crippen molar-refractivity contribution in [3.63, 3.8) is 0 Å². The van der Waals surface area contributed by atoms with Crippen LogP contribution in [0, 0.1) is 6.92 Å². The van der Waals surface area contributed by atoms with Gasteiger partial charge in [-0.2, -0.15) is 0 Å². The number of piperazine rings is 1. The first-order valence-corrected chi connectivity index (χ1v) is 9.78. The largest absolute Gasteiger partial charge is 0.441 e. The van der Waals surface area contributed by atoms with E-state index < -0.39 is 0 Å². The molecule has 28 heavy (non-hydrogen) atoms. The van der Waals surface area contributed by atoms with E-state index in [-0.39, 0.29) is 12.3 Å². The van der Waals surface area contributed by atoms with Crippen LogP contribution >= 0.6 is 11.6 Å². The first-order chi connectivity index (χ1) is 13.6. The highest BCUT2D eigenvalue weighted by molar-refractivity contribution is 6.30. The summed E-state index contributed by atoms with van der Waals surface area (Å²) in [5, 5.41) is 0.664. The van der Waals surface area contributed by atoms with Crippen LogP contribution in [0.25, 0.3) is 11.5 Å². The average molecular weight is 396 g/mol. The lowest BCUT2D eigenvalue weighted by Crippen LogP contribution is -2.49. The lowest BCUT2D eigenvalue weighted by molar-refractivity contribution is -0.130. The van der Waals surface area contributed by atoms with Gasteiger partial charge in [0.2, 0.25) is 11.8 Å². The second-order valence-electron chi connectivity index (χ2n) is 6.91. The van der Waals surface area contributed by atoms with E-state index in [2.05, 4.69) is 22.0 Å². The molecule has 1 amide bonds. The monoisotopic (exact) mass is 395 g/mol. The summed E-state index contributed by atoms with van der Waals surface area (Å²) < 4.78 is 5.77. The topological polar surface area (TPSA) is 49.6 Å². The predicted molar refractivity (Wildman–Crippen MR) is 111 cm³/mol. The summed E-state index contributed by atoms with van der Waals surface area (Å²) in [6.45, 7) is 4.96. The van der Waals surface area contributed by atoms with Crippen molar-refractivity contribution in [3.8, 4) is 11.5 Å². The lowest BCUT2D eigenvalue weighted by Gasteiger charge is -2.36. The first kappa shape index (κ1) is 18.6. The number of hydrogen-bond acceptors (Lipinski definition) is 4. The smallest absolute Gasteiger partial charge is 0.228 e. The van der Waals surface area contributed by atoms with Crippen LogP contribution in [0.2, 0.25) is 5.02 Å². The van der Waals surface area contributed by atoms with Gasteiger partial charge >= 0.3 is 0 Å². The maximum absolute atomic E-state index is 12.8. The standard InChI is InChI=1S/C22H22ClN3O2/c1-16-20(24-22(28-16)17-7-9-18(23)10-8-17)15-21(27)26-13-11-25(12-14-26)19-5-3-2-4-6-19/h2-10H,11-15H2,1H3. The average Bonchev–Trinajstić information content (AvgIpc) is 3.09. The van der Waals surface area contributed by atoms with Gasteiger partial charge in [-0.1, -0.05) is 29.8 Å². The number of oxazole rings is 1. The Labute approximate surface area is 169 Å². The minimum Gasteiger partial charge on any atom is -0.441 e. The van der Waals surface area contributed by atoms with Crippen LogP contribution in [0.3, 0.4) is 0 Å². The normalized spacial score (nSPS) is 14.4. The van der Waals surface area contributed by atoms with Gasteiger partial charge in [0.05, 0.1) is 12.1 Å². The molecule has 0 radical (unpaired) electrons. The SMILES string of the molecule is Cc1oc(-c2ccc(Cl)cc2)nc1CC(=O)N1CCN(c2ccccc2)CC1. The molecule has 144 valence electrons. The van der Waals surface area contributed by atoms with Crippen molar-refractivity contribution in [3.05, 3.63) is 71.1 Å². The number of para-hydroxylation sites is 1. The zero-order valence-corrected chi connectivity index (χ0v) is 16.5. The number of carbonyl (C=O) groups excluding carboxylic acids is 1. The molecule has 2 heterocycles. The molecule has 1 fully saturated rings. The van der Waals surface area contributed by atoms with Gasteiger partial charge in [-0.25, -0.2) is 4.98 Å². The summed E-state index contributed by atoms with van der Waals surface area (Å²) in [6.07, 6.45) is 0.258. The summed E-state index contributed by atoms with van der Waals surface area (Å²) in [4.78, 5) is 21.5. The molecule has 1 aliphatic rings. The molecule has 0 spiro atoms. The molecule has 0 aliphatic carbocycles. The van der Waals surface area contributed by atoms with E-state index in [1.54, 1.807) is 12.1 Å². The molecular formula is C22H22ClN3O2. The Morgan fingerprint density at radius 1 is 1.04 bits per heavy atom. The Morgan fingerprint density at radius 3 is 2.39 bits per heavy atom. The van der Waals surface area contributed by atoms with Gasteiger partial charge in [-0.05, 0) is 43.3 Å². The van der Waals surface area contributed by atoms with Crippen LogP contribution in [-0.4, -0.2) is 42.0 Å². The van der Waals surface area contributed by atoms with Crippen LogP contribution in [0.1, 0.15) is 11.5 Å². The van der Waals surface area contributed by atoms with Crippen LogP contribution in [0.4, 0.5) is 5.69 Å². The Hall–Kier alpha value is -2.79. The predicted octanol–water partition coefficient (Wildman–Crippen LogP) is 4.19. The van der Waals surface area contributed by atoms with Gasteiger partial charge in [0.15, 0.2) is 0 Å². The number of nitrogens with zero attached hydrogens (tertiary/aromatic N) is 3. The molecule has 0 atom stereocenters. The maximum atomic E-state index is 12.8. The summed E-state index contributed by atoms with van der Waals surface area (Å²) >= 11 is 5.94. The molecule has 3 aromatic rings. The number of amides is 1. The third-order valence-corrected chi connectivity index (χ3v) is 5.31. The molecule has 0 saturated carbocycles. The fourth-order valence-corrected chi connectivity index (χ4v) is 3.54. The Balaban J connectivity index is 1.38. The highest BCUT2D eigenvalue weighted by atomic mass is 35.5. The Kier molecular flexibility index (Phi) is 5.35. The van der Waals surface area contributed by atoms with E-state index in [4.69, 9.17) is 16.0 Å². The van der Waals surface area contributed by atoms with E-state index in [1.807, 2.05) is 42.2 Å². The second-order valence-corrected chi connectivity index (χ2v) is 7.35. The molecule has 0 N–H and O–H groups in total. The second kappa shape index (κ2) is 8.07. The molecule has 1 saturated heterocycles. The summed E-state index contributed by atoms with van der Waals surface area (Å²) in [5.74, 6) is 1.29. The Morgan fingerprint density at radius 2 is 1.71 bits per heavy atom. The van der Waals surface area contributed by atoms with Crippen molar-refractivity contribution in [2.24, 2.45) is 0 Å². The summed E-state index contributed by atoms with van der Waals surface area (Å²) in [5.41, 5.74) is 2.75. The number of halogens is 1. The van der Waals surface area contributed by atoms with Crippen LogP contribution in [-0.2, 0) is 11.2 Å². The van der Waals surface area contributed by atoms with Gasteiger partial charge in [0, 0.05) is 42.5 Å². The van der Waals surface area contributed by atoms with Crippen molar-refractivity contribution in [2.45, 2.75) is 13.3 Å². The number of carbonyl (C=O) groups is 1. The van der Waals surface area contributed by atoms with E-state index >= 15 is 0 Å². The van der Waals surface area contributed by atoms with E-state index in [0.717, 1.165) is 18.7 Å². The van der Waals surface area contributed by atoms with Crippen LogP contribution in [0.5, 0.6) is 0 Å². The number of rotatable bonds is 4. The molecule has 1 aliphatic heterocycles. The van der Waals surface area contributed by atoms with Crippen molar-refractivity contribution >= 4 is 23.2 Å². The zero-order valence-electron chi connectivity index (χ0n) is 15.8. The summed E-state index contributed by atoms with van der Waals surface area (Å²) in [6, 6.07) is 17.6. The van der Waals surface area contributed by atoms with Gasteiger partial charge in [0.1, 0.15) is 5.76 Å². The molecular weight excluding hydrogens is 374 g/mol. The molecule has 0 bridgehead atoms. The quantitative estimate of drug-likeness (QED) is 0.664. The van der Waals surface area contributed by atoms with Gasteiger partial charge in [-0.3, -0.25) is 4.79 Å². The number of hydrogen-bond donors (Lipinski definition) is 0. The Bertz CT molecular complexity index is 946. The minimum atomic E-state index is 0.0896. The highest BCUT2D eigenvalue weighted by Gasteiger charge is 2.23. The van der Waals surface area contributed by atoms with Gasteiger partial charge in [-0.15, -0.1) is 0 Å². The van der Waals surface area contributed by atoms with Crippen molar-refractivity contribution in [1.29, 1.82) is 0 Å². The number of benzene rings is 2. The molecule has 0 unspecified atom stereocenters. The number of aromatic nitrogens is 1. The molecule has 5 nitrogen and oxygen atoms in total. The molecule has 2 aromatic carbocycles. The third-order valence-electron chi connectivity index (χ3n) is 5.06. The maximum Gasteiger partial charge on any atom is 0.228 e. The van der Waals surface area contributed by atoms with Crippen LogP contribution in [0.15, 0.2) is 59.0 Å². The van der Waals surface area contributed by atoms with Crippen molar-refractivity contribution in [1.82, 2.24) is 9.88 Å². The zero-order chi connectivity index (χ0) is 19.5. The van der Waals surface area contributed by atoms with Gasteiger partial charge < -0.3 is 14.2 Å². The lowest BCUT2D eigenvalue weighted by atomic mass is 10.2. The van der Waals surface area contributed by atoms with Gasteiger partial charge in [0.25, 0.3) is 0 Å². The van der Waals surface area contributed by atoms with Crippen LogP contribution < -0.4 is 4.90 Å². The molecule has 6 heteroatoms. The van der Waals surface area contributed by atoms with E-state index in [9.17, 15) is 4.79 Å². The number of anilines is 1. The van der Waals surface area contributed by atoms with E-state index in [0.29, 0.717) is 35.5 Å². The fraction of sp³-hybridized carbons (Fsp3) is 0.273. The molecule has 1 aromatic heterocycles. The third kappa shape index (κ3) is 4.04. The fourth-order valence-electron chi connectivity index (χ4n) is 3.42. The first-order valence-electron chi connectivity index (χ1n) is 9.40. The van der Waals surface area contributed by atoms with E-state index in [1.165, 1.54) is 5.69 Å². The molecule has 4 rings (SSSR count). The minimum absolute atomic E-state index is 0.0896. The van der Waals surface area contributed by atoms with Crippen molar-refractivity contribution in [2.75, 3.05) is 31.1 Å².